The number of hydrogen-bond donors (Lipinski definition) is 2. The molecule has 2 N–H and O–H groups in total. The third-order valence-electron chi connectivity index (χ3n) is 4.80. The molecule has 1 fully saturated rings. The van der Waals surface area contributed by atoms with Gasteiger partial charge in [0.25, 0.3) is 0 Å². The number of carbonyl (C=O) groups is 2. The topological polar surface area (TPSA) is 79.9 Å². The monoisotopic (exact) mass is 383 g/mol. The number of urea groups is 1. The first-order valence-corrected chi connectivity index (χ1v) is 9.18. The van der Waals surface area contributed by atoms with E-state index in [4.69, 9.17) is 9.47 Å². The molecule has 0 radical (unpaired) electrons. The van der Waals surface area contributed by atoms with Gasteiger partial charge in [-0.3, -0.25) is 0 Å². The fourth-order valence-corrected chi connectivity index (χ4v) is 3.25. The Morgan fingerprint density at radius 2 is 1.96 bits per heavy atom. The van der Waals surface area contributed by atoms with E-state index in [1.165, 1.54) is 7.11 Å². The van der Waals surface area contributed by atoms with Crippen LogP contribution in [0, 0.1) is 0 Å². The van der Waals surface area contributed by atoms with Crippen LogP contribution in [-0.2, 0) is 11.3 Å². The largest absolute Gasteiger partial charge is 0.497 e. The first-order chi connectivity index (χ1) is 13.6. The molecule has 2 amide bonds. The summed E-state index contributed by atoms with van der Waals surface area (Å²) in [4.78, 5) is 26.2. The van der Waals surface area contributed by atoms with Gasteiger partial charge >= 0.3 is 12.0 Å². The van der Waals surface area contributed by atoms with Crippen LogP contribution < -0.4 is 15.4 Å². The first kappa shape index (κ1) is 19.7. The van der Waals surface area contributed by atoms with Crippen molar-refractivity contribution in [2.24, 2.45) is 0 Å². The zero-order chi connectivity index (χ0) is 19.9. The molecule has 1 aliphatic heterocycles. The highest BCUT2D eigenvalue weighted by Crippen LogP contribution is 2.25. The summed E-state index contributed by atoms with van der Waals surface area (Å²) in [5.41, 5.74) is 2.43. The minimum absolute atomic E-state index is 0.0643. The lowest BCUT2D eigenvalue weighted by Crippen LogP contribution is -2.51. The van der Waals surface area contributed by atoms with Crippen molar-refractivity contribution in [2.75, 3.05) is 33.9 Å². The first-order valence-electron chi connectivity index (χ1n) is 9.18. The second-order valence-electron chi connectivity index (χ2n) is 6.54. The highest BCUT2D eigenvalue weighted by molar-refractivity contribution is 5.89. The number of esters is 1. The van der Waals surface area contributed by atoms with E-state index in [9.17, 15) is 9.59 Å². The van der Waals surface area contributed by atoms with Gasteiger partial charge in [-0.2, -0.15) is 0 Å². The third kappa shape index (κ3) is 4.61. The summed E-state index contributed by atoms with van der Waals surface area (Å²) in [5.74, 6) is 0.395. The predicted octanol–water partition coefficient (Wildman–Crippen LogP) is 2.34. The molecule has 1 heterocycles. The van der Waals surface area contributed by atoms with Gasteiger partial charge in [-0.15, -0.1) is 0 Å². The zero-order valence-electron chi connectivity index (χ0n) is 16.1. The van der Waals surface area contributed by atoms with Crippen molar-refractivity contribution >= 4 is 12.0 Å². The minimum Gasteiger partial charge on any atom is -0.497 e. The molecule has 3 rings (SSSR count). The molecule has 28 heavy (non-hydrogen) atoms. The summed E-state index contributed by atoms with van der Waals surface area (Å²) in [6.45, 7) is 2.44. The Hall–Kier alpha value is -3.06. The van der Waals surface area contributed by atoms with Gasteiger partial charge in [-0.25, -0.2) is 9.59 Å². The lowest BCUT2D eigenvalue weighted by molar-refractivity contribution is 0.0600. The third-order valence-corrected chi connectivity index (χ3v) is 4.80. The van der Waals surface area contributed by atoms with Gasteiger partial charge in [-0.1, -0.05) is 24.3 Å². The van der Waals surface area contributed by atoms with Crippen LogP contribution in [0.4, 0.5) is 4.79 Å². The van der Waals surface area contributed by atoms with Crippen LogP contribution >= 0.6 is 0 Å². The van der Waals surface area contributed by atoms with E-state index < -0.39 is 0 Å². The van der Waals surface area contributed by atoms with Crippen molar-refractivity contribution in [1.29, 1.82) is 0 Å². The van der Waals surface area contributed by atoms with Crippen LogP contribution in [-0.4, -0.2) is 50.8 Å². The number of ether oxygens (including phenoxy) is 2. The molecule has 148 valence electrons. The standard InChI is InChI=1S/C21H25N3O4/c1-27-18-5-3-4-17(12-18)19-14-22-10-11-24(19)21(26)23-13-15-6-8-16(9-7-15)20(25)28-2/h3-9,12,19,22H,10-11,13-14H2,1-2H3,(H,23,26). The fraction of sp³-hybridized carbons (Fsp3) is 0.333. The molecule has 0 aromatic heterocycles. The molecular weight excluding hydrogens is 358 g/mol. The number of carbonyl (C=O) groups excluding carboxylic acids is 2. The normalized spacial score (nSPS) is 16.4. The molecule has 0 aliphatic carbocycles. The van der Waals surface area contributed by atoms with Crippen LogP contribution in [0.3, 0.4) is 0 Å². The summed E-state index contributed by atoms with van der Waals surface area (Å²) in [7, 11) is 2.98. The number of nitrogens with zero attached hydrogens (tertiary/aromatic N) is 1. The Kier molecular flexibility index (Phi) is 6.49. The summed E-state index contributed by atoms with van der Waals surface area (Å²) < 4.78 is 10.0. The number of rotatable bonds is 5. The van der Waals surface area contributed by atoms with Crippen molar-refractivity contribution in [3.63, 3.8) is 0 Å². The molecule has 0 bridgehead atoms. The predicted molar refractivity (Wildman–Crippen MR) is 105 cm³/mol. The SMILES string of the molecule is COC(=O)c1ccc(CNC(=O)N2CCNCC2c2cccc(OC)c2)cc1. The second kappa shape index (κ2) is 9.23. The van der Waals surface area contributed by atoms with Crippen LogP contribution in [0.15, 0.2) is 48.5 Å². The number of methoxy groups -OCH3 is 2. The van der Waals surface area contributed by atoms with E-state index in [1.807, 2.05) is 41.3 Å². The lowest BCUT2D eigenvalue weighted by Gasteiger charge is -2.36. The Balaban J connectivity index is 1.65. The van der Waals surface area contributed by atoms with Crippen molar-refractivity contribution in [2.45, 2.75) is 12.6 Å². The maximum Gasteiger partial charge on any atom is 0.337 e. The van der Waals surface area contributed by atoms with Crippen LogP contribution in [0.2, 0.25) is 0 Å². The van der Waals surface area contributed by atoms with Gasteiger partial charge in [-0.05, 0) is 35.4 Å². The molecule has 0 saturated carbocycles. The Labute approximate surface area is 164 Å². The smallest absolute Gasteiger partial charge is 0.337 e. The van der Waals surface area contributed by atoms with Gasteiger partial charge in [0.15, 0.2) is 0 Å². The van der Waals surface area contributed by atoms with E-state index in [0.717, 1.165) is 23.4 Å². The van der Waals surface area contributed by atoms with Crippen molar-refractivity contribution in [3.8, 4) is 5.75 Å². The number of hydrogen-bond acceptors (Lipinski definition) is 5. The van der Waals surface area contributed by atoms with Crippen molar-refractivity contribution in [3.05, 3.63) is 65.2 Å². The molecule has 1 unspecified atom stereocenters. The summed E-state index contributed by atoms with van der Waals surface area (Å²) in [6.07, 6.45) is 0. The van der Waals surface area contributed by atoms with Crippen LogP contribution in [0.25, 0.3) is 0 Å². The van der Waals surface area contributed by atoms with Crippen LogP contribution in [0.5, 0.6) is 5.75 Å². The van der Waals surface area contributed by atoms with E-state index in [1.54, 1.807) is 19.2 Å². The summed E-state index contributed by atoms with van der Waals surface area (Å²) in [6, 6.07) is 14.6. The molecule has 2 aromatic rings. The molecule has 0 spiro atoms. The number of nitrogens with one attached hydrogen (secondary N) is 2. The molecule has 7 nitrogen and oxygen atoms in total. The lowest BCUT2D eigenvalue weighted by atomic mass is 10.0. The van der Waals surface area contributed by atoms with Crippen molar-refractivity contribution in [1.82, 2.24) is 15.5 Å². The number of piperazine rings is 1. The second-order valence-corrected chi connectivity index (χ2v) is 6.54. The quantitative estimate of drug-likeness (QED) is 0.775. The maximum atomic E-state index is 12.8. The van der Waals surface area contributed by atoms with Gasteiger partial charge < -0.3 is 25.0 Å². The Morgan fingerprint density at radius 3 is 2.68 bits per heavy atom. The van der Waals surface area contributed by atoms with Crippen molar-refractivity contribution < 1.29 is 19.1 Å². The van der Waals surface area contributed by atoms with E-state index >= 15 is 0 Å². The molecule has 2 aromatic carbocycles. The minimum atomic E-state index is -0.377. The average Bonchev–Trinajstić information content (AvgIpc) is 2.77. The molecular formula is C21H25N3O4. The van der Waals surface area contributed by atoms with Gasteiger partial charge in [0.2, 0.25) is 0 Å². The summed E-state index contributed by atoms with van der Waals surface area (Å²) in [5, 5.41) is 6.32. The molecule has 1 atom stereocenters. The Morgan fingerprint density at radius 1 is 1.18 bits per heavy atom. The van der Waals surface area contributed by atoms with Gasteiger partial charge in [0.1, 0.15) is 5.75 Å². The van der Waals surface area contributed by atoms with E-state index in [-0.39, 0.29) is 18.0 Å². The maximum absolute atomic E-state index is 12.8. The van der Waals surface area contributed by atoms with Gasteiger partial charge in [0.05, 0.1) is 25.8 Å². The number of benzene rings is 2. The fourth-order valence-electron chi connectivity index (χ4n) is 3.25. The molecule has 1 aliphatic rings. The average molecular weight is 383 g/mol. The van der Waals surface area contributed by atoms with Crippen LogP contribution in [0.1, 0.15) is 27.5 Å². The highest BCUT2D eigenvalue weighted by atomic mass is 16.5. The summed E-state index contributed by atoms with van der Waals surface area (Å²) >= 11 is 0. The van der Waals surface area contributed by atoms with E-state index in [2.05, 4.69) is 10.6 Å². The number of amides is 2. The van der Waals surface area contributed by atoms with E-state index in [0.29, 0.717) is 25.2 Å². The highest BCUT2D eigenvalue weighted by Gasteiger charge is 2.28. The Bertz CT molecular complexity index is 823. The molecule has 1 saturated heterocycles. The zero-order valence-corrected chi connectivity index (χ0v) is 16.1. The molecule has 7 heteroatoms. The van der Waals surface area contributed by atoms with Gasteiger partial charge in [0, 0.05) is 26.2 Å².